The van der Waals surface area contributed by atoms with E-state index >= 15 is 0 Å². The normalized spacial score (nSPS) is 16.1. The third kappa shape index (κ3) is 4.22. The Morgan fingerprint density at radius 2 is 1.88 bits per heavy atom. The van der Waals surface area contributed by atoms with E-state index in [1.54, 1.807) is 47.2 Å². The third-order valence-electron chi connectivity index (χ3n) is 6.24. The number of hydrogen-bond acceptors (Lipinski definition) is 6. The number of benzene rings is 1. The van der Waals surface area contributed by atoms with Gasteiger partial charge in [-0.05, 0) is 46.1 Å². The third-order valence-corrected chi connectivity index (χ3v) is 6.24. The molecule has 3 heterocycles. The van der Waals surface area contributed by atoms with Gasteiger partial charge in [0.25, 0.3) is 17.4 Å². The topological polar surface area (TPSA) is 112 Å². The number of fused-ring (bicyclic) bond motifs is 1. The van der Waals surface area contributed by atoms with Crippen molar-refractivity contribution in [3.05, 3.63) is 63.6 Å². The van der Waals surface area contributed by atoms with Gasteiger partial charge in [0.05, 0.1) is 22.7 Å². The van der Waals surface area contributed by atoms with Crippen molar-refractivity contribution in [2.24, 2.45) is 0 Å². The summed E-state index contributed by atoms with van der Waals surface area (Å²) in [4.78, 5) is 51.1. The van der Waals surface area contributed by atoms with Crippen molar-refractivity contribution in [1.29, 1.82) is 0 Å². The molecule has 0 aliphatic carbocycles. The molecule has 1 saturated heterocycles. The van der Waals surface area contributed by atoms with E-state index < -0.39 is 0 Å². The number of carbonyl (C=O) groups excluding carboxylic acids is 2. The second-order valence-electron chi connectivity index (χ2n) is 8.16. The molecule has 9 nitrogen and oxygen atoms in total. The second kappa shape index (κ2) is 9.48. The number of likely N-dealkylation sites (tertiary alicyclic amines) is 1. The number of hydrogen-bond donors (Lipinski definition) is 1. The fraction of sp³-hybridized carbons (Fsp3) is 0.417. The molecule has 1 aromatic carbocycles. The van der Waals surface area contributed by atoms with Crippen LogP contribution in [0.5, 0.6) is 0 Å². The molecule has 0 unspecified atom stereocenters. The number of aromatic nitrogens is 4. The predicted octanol–water partition coefficient (Wildman–Crippen LogP) is 2.87. The van der Waals surface area contributed by atoms with Crippen LogP contribution in [0.3, 0.4) is 0 Å². The van der Waals surface area contributed by atoms with Crippen LogP contribution in [-0.4, -0.2) is 61.4 Å². The molecule has 1 fully saturated rings. The number of carbonyl (C=O) groups is 2. The average Bonchev–Trinajstić information content (AvgIpc) is 2.84. The van der Waals surface area contributed by atoms with E-state index in [-0.39, 0.29) is 29.1 Å². The summed E-state index contributed by atoms with van der Waals surface area (Å²) in [5, 5.41) is 7.47. The first-order valence-electron chi connectivity index (χ1n) is 11.4. The van der Waals surface area contributed by atoms with Crippen molar-refractivity contribution >= 4 is 22.6 Å². The van der Waals surface area contributed by atoms with Crippen LogP contribution in [0.1, 0.15) is 71.5 Å². The Morgan fingerprint density at radius 3 is 2.58 bits per heavy atom. The van der Waals surface area contributed by atoms with Crippen molar-refractivity contribution in [2.45, 2.75) is 46.1 Å². The largest absolute Gasteiger partial charge is 0.339 e. The maximum absolute atomic E-state index is 13.6. The summed E-state index contributed by atoms with van der Waals surface area (Å²) in [5.41, 5.74) is 0.957. The van der Waals surface area contributed by atoms with Crippen LogP contribution in [0.25, 0.3) is 10.8 Å². The lowest BCUT2D eigenvalue weighted by molar-refractivity contribution is 0.0593. The zero-order chi connectivity index (χ0) is 23.5. The van der Waals surface area contributed by atoms with Gasteiger partial charge >= 0.3 is 0 Å². The quantitative estimate of drug-likeness (QED) is 0.642. The van der Waals surface area contributed by atoms with E-state index in [9.17, 15) is 14.4 Å². The number of aromatic amines is 1. The summed E-state index contributed by atoms with van der Waals surface area (Å²) < 4.78 is 0. The molecule has 33 heavy (non-hydrogen) atoms. The minimum absolute atomic E-state index is 0.0930. The molecule has 1 aliphatic rings. The minimum Gasteiger partial charge on any atom is -0.339 e. The van der Waals surface area contributed by atoms with E-state index in [4.69, 9.17) is 0 Å². The summed E-state index contributed by atoms with van der Waals surface area (Å²) in [6, 6.07) is 6.63. The van der Waals surface area contributed by atoms with Crippen LogP contribution in [0.15, 0.2) is 35.3 Å². The maximum atomic E-state index is 13.6. The van der Waals surface area contributed by atoms with Gasteiger partial charge in [0.15, 0.2) is 11.5 Å². The molecule has 9 heteroatoms. The number of nitrogens with one attached hydrogen (secondary N) is 1. The van der Waals surface area contributed by atoms with Crippen molar-refractivity contribution in [2.75, 3.05) is 19.6 Å². The van der Waals surface area contributed by atoms with Gasteiger partial charge in [0.1, 0.15) is 0 Å². The molecule has 2 amide bonds. The predicted molar refractivity (Wildman–Crippen MR) is 124 cm³/mol. The summed E-state index contributed by atoms with van der Waals surface area (Å²) in [7, 11) is 0. The van der Waals surface area contributed by atoms with Gasteiger partial charge in [-0.2, -0.15) is 5.10 Å². The van der Waals surface area contributed by atoms with Crippen molar-refractivity contribution in [3.8, 4) is 0 Å². The van der Waals surface area contributed by atoms with Crippen LogP contribution in [-0.2, 0) is 0 Å². The number of rotatable bonds is 5. The van der Waals surface area contributed by atoms with E-state index in [0.717, 1.165) is 19.3 Å². The molecule has 1 aliphatic heterocycles. The lowest BCUT2D eigenvalue weighted by Crippen LogP contribution is -2.40. The van der Waals surface area contributed by atoms with Gasteiger partial charge in [-0.25, -0.2) is 15.1 Å². The standard InChI is InChI=1S/C24H28N6O3/c1-4-29(5-2)23(32)18-14-25-21(26-15(18)3)19-12-8-9-13-30(19)24(33)20-16-10-6-7-11-17(16)22(31)28-27-20/h6-7,10-11,14,19H,4-5,8-9,12-13H2,1-3H3,(H,28,31)/t19-/m1/s1. The van der Waals surface area contributed by atoms with Crippen molar-refractivity contribution < 1.29 is 9.59 Å². The molecule has 4 rings (SSSR count). The highest BCUT2D eigenvalue weighted by Crippen LogP contribution is 2.31. The van der Waals surface area contributed by atoms with Crippen LogP contribution in [0, 0.1) is 6.92 Å². The fourth-order valence-electron chi connectivity index (χ4n) is 4.39. The second-order valence-corrected chi connectivity index (χ2v) is 8.16. The molecule has 0 spiro atoms. The molecule has 0 radical (unpaired) electrons. The van der Waals surface area contributed by atoms with Crippen LogP contribution in [0.4, 0.5) is 0 Å². The Labute approximate surface area is 191 Å². The Morgan fingerprint density at radius 1 is 1.15 bits per heavy atom. The summed E-state index contributed by atoms with van der Waals surface area (Å²) >= 11 is 0. The van der Waals surface area contributed by atoms with Crippen LogP contribution in [0.2, 0.25) is 0 Å². The number of H-pyrrole nitrogens is 1. The van der Waals surface area contributed by atoms with Gasteiger partial charge in [-0.3, -0.25) is 14.4 Å². The summed E-state index contributed by atoms with van der Waals surface area (Å²) in [6.07, 6.45) is 4.09. The molecule has 172 valence electrons. The molecule has 1 N–H and O–H groups in total. The molecular formula is C24H28N6O3. The first kappa shape index (κ1) is 22.6. The highest BCUT2D eigenvalue weighted by Gasteiger charge is 2.33. The molecule has 2 aromatic heterocycles. The zero-order valence-corrected chi connectivity index (χ0v) is 19.2. The molecular weight excluding hydrogens is 420 g/mol. The first-order valence-corrected chi connectivity index (χ1v) is 11.4. The average molecular weight is 449 g/mol. The summed E-state index contributed by atoms with van der Waals surface area (Å²) in [6.45, 7) is 7.44. The molecule has 0 saturated carbocycles. The van der Waals surface area contributed by atoms with Crippen LogP contribution >= 0.6 is 0 Å². The van der Waals surface area contributed by atoms with Gasteiger partial charge in [0, 0.05) is 31.2 Å². The van der Waals surface area contributed by atoms with Crippen molar-refractivity contribution in [1.82, 2.24) is 30.0 Å². The lowest BCUT2D eigenvalue weighted by atomic mass is 9.99. The highest BCUT2D eigenvalue weighted by molar-refractivity contribution is 6.04. The number of amides is 2. The van der Waals surface area contributed by atoms with Gasteiger partial charge < -0.3 is 9.80 Å². The Kier molecular flexibility index (Phi) is 6.48. The SMILES string of the molecule is CCN(CC)C(=O)c1cnc([C@H]2CCCCN2C(=O)c2n[nH]c(=O)c3ccccc23)nc1C. The van der Waals surface area contributed by atoms with E-state index in [2.05, 4.69) is 20.2 Å². The summed E-state index contributed by atoms with van der Waals surface area (Å²) in [5.74, 6) is 0.159. The van der Waals surface area contributed by atoms with E-state index in [0.29, 0.717) is 47.5 Å². The van der Waals surface area contributed by atoms with Crippen LogP contribution < -0.4 is 5.56 Å². The number of piperidine rings is 1. The Balaban J connectivity index is 1.68. The van der Waals surface area contributed by atoms with E-state index in [1.165, 1.54) is 0 Å². The number of nitrogens with zero attached hydrogens (tertiary/aromatic N) is 5. The molecule has 0 bridgehead atoms. The molecule has 3 aromatic rings. The monoisotopic (exact) mass is 448 g/mol. The van der Waals surface area contributed by atoms with E-state index in [1.807, 2.05) is 13.8 Å². The van der Waals surface area contributed by atoms with Gasteiger partial charge in [-0.1, -0.05) is 18.2 Å². The van der Waals surface area contributed by atoms with Gasteiger partial charge in [-0.15, -0.1) is 0 Å². The van der Waals surface area contributed by atoms with Gasteiger partial charge in [0.2, 0.25) is 0 Å². The van der Waals surface area contributed by atoms with Crippen molar-refractivity contribution in [3.63, 3.8) is 0 Å². The Bertz CT molecular complexity index is 1250. The molecule has 1 atom stereocenters. The maximum Gasteiger partial charge on any atom is 0.275 e. The smallest absolute Gasteiger partial charge is 0.275 e. The first-order chi connectivity index (χ1) is 16.0. The number of aryl methyl sites for hydroxylation is 1. The minimum atomic E-state index is -0.329. The highest BCUT2D eigenvalue weighted by atomic mass is 16.2. The fourth-order valence-corrected chi connectivity index (χ4v) is 4.39. The lowest BCUT2D eigenvalue weighted by Gasteiger charge is -2.34. The Hall–Kier alpha value is -3.62. The zero-order valence-electron chi connectivity index (χ0n) is 19.2.